The predicted molar refractivity (Wildman–Crippen MR) is 107 cm³/mol. The van der Waals surface area contributed by atoms with Crippen LogP contribution in [0.1, 0.15) is 33.5 Å². The molecular weight excluding hydrogens is 372 g/mol. The Morgan fingerprint density at radius 3 is 2.46 bits per heavy atom. The highest BCUT2D eigenvalue weighted by Gasteiger charge is 2.60. The Morgan fingerprint density at radius 2 is 1.64 bits per heavy atom. The van der Waals surface area contributed by atoms with Gasteiger partial charge in [0.25, 0.3) is 0 Å². The Morgan fingerprint density at radius 1 is 0.929 bits per heavy atom. The van der Waals surface area contributed by atoms with Crippen molar-refractivity contribution in [3.8, 4) is 5.75 Å². The zero-order valence-electron chi connectivity index (χ0n) is 15.0. The van der Waals surface area contributed by atoms with Gasteiger partial charge < -0.3 is 4.74 Å². The number of benzene rings is 3. The molecule has 0 aliphatic carbocycles. The van der Waals surface area contributed by atoms with E-state index in [2.05, 4.69) is 10.2 Å². The molecule has 28 heavy (non-hydrogen) atoms. The number of rotatable bonds is 2. The van der Waals surface area contributed by atoms with Crippen LogP contribution in [-0.2, 0) is 0 Å². The third-order valence-corrected chi connectivity index (χ3v) is 5.90. The van der Waals surface area contributed by atoms with E-state index in [0.29, 0.717) is 22.9 Å². The molecule has 2 aliphatic rings. The van der Waals surface area contributed by atoms with Gasteiger partial charge in [0.05, 0.1) is 12.1 Å². The topological polar surface area (TPSA) is 51.0 Å². The van der Waals surface area contributed by atoms with Gasteiger partial charge in [0.15, 0.2) is 11.6 Å². The van der Waals surface area contributed by atoms with Crippen LogP contribution in [0.25, 0.3) is 0 Å². The number of halogens is 1. The van der Waals surface area contributed by atoms with E-state index in [4.69, 9.17) is 16.3 Å². The molecule has 2 aliphatic heterocycles. The maximum Gasteiger partial charge on any atom is 0.200 e. The van der Waals surface area contributed by atoms with Crippen LogP contribution in [0.15, 0.2) is 89.1 Å². The summed E-state index contributed by atoms with van der Waals surface area (Å²) in [6.07, 6.45) is -0.580. The van der Waals surface area contributed by atoms with Crippen LogP contribution < -0.4 is 4.74 Å². The van der Waals surface area contributed by atoms with Gasteiger partial charge in [-0.1, -0.05) is 72.3 Å². The Bertz CT molecular complexity index is 1080. The summed E-state index contributed by atoms with van der Waals surface area (Å²) in [5.41, 5.74) is 1.11. The first-order valence-electron chi connectivity index (χ1n) is 9.20. The van der Waals surface area contributed by atoms with Crippen LogP contribution in [0.2, 0.25) is 5.02 Å². The van der Waals surface area contributed by atoms with Crippen LogP contribution in [0.3, 0.4) is 0 Å². The number of carbonyl (C=O) groups is 1. The molecule has 3 aromatic rings. The van der Waals surface area contributed by atoms with Gasteiger partial charge in [0, 0.05) is 10.9 Å². The number of ether oxygens (including phenoxy) is 1. The second kappa shape index (κ2) is 6.57. The summed E-state index contributed by atoms with van der Waals surface area (Å²) in [5, 5.41) is 9.49. The van der Waals surface area contributed by atoms with Gasteiger partial charge in [-0.3, -0.25) is 4.79 Å². The minimum absolute atomic E-state index is 0.0747. The molecule has 0 fully saturated rings. The van der Waals surface area contributed by atoms with E-state index in [9.17, 15) is 4.79 Å². The van der Waals surface area contributed by atoms with Crippen molar-refractivity contribution >= 4 is 17.4 Å². The van der Waals surface area contributed by atoms with Crippen molar-refractivity contribution in [3.63, 3.8) is 0 Å². The molecule has 3 atom stereocenters. The maximum absolute atomic E-state index is 13.8. The quantitative estimate of drug-likeness (QED) is 0.570. The molecule has 0 saturated carbocycles. The molecule has 3 aromatic carbocycles. The lowest BCUT2D eigenvalue weighted by Gasteiger charge is -2.41. The first-order chi connectivity index (χ1) is 13.7. The molecule has 0 amide bonds. The molecular formula is C23H17ClN2O2. The van der Waals surface area contributed by atoms with E-state index < -0.39 is 11.6 Å². The number of carbonyl (C=O) groups excluding carboxylic acids is 1. The fraction of sp³-hybridized carbons (Fsp3) is 0.174. The van der Waals surface area contributed by atoms with Gasteiger partial charge in [-0.2, -0.15) is 10.2 Å². The van der Waals surface area contributed by atoms with Crippen LogP contribution >= 0.6 is 11.6 Å². The molecule has 0 saturated heterocycles. The van der Waals surface area contributed by atoms with Crippen molar-refractivity contribution in [2.75, 3.05) is 6.54 Å². The normalized spacial score (nSPS) is 25.5. The first kappa shape index (κ1) is 17.1. The number of fused-ring (bicyclic) bond motifs is 1. The number of Topliss-reactive ketones (excluding diaryl/α,β-unsaturated/α-hetero) is 1. The fourth-order valence-electron chi connectivity index (χ4n) is 4.24. The molecule has 2 heterocycles. The molecule has 4 nitrogen and oxygen atoms in total. The SMILES string of the molecule is O=C1c2ccccc2OC(c2ccccc2)C12N=NCC2c1ccccc1Cl. The van der Waals surface area contributed by atoms with Crippen molar-refractivity contribution in [1.82, 2.24) is 0 Å². The van der Waals surface area contributed by atoms with E-state index in [1.165, 1.54) is 0 Å². The third kappa shape index (κ3) is 2.41. The second-order valence-corrected chi connectivity index (χ2v) is 7.46. The summed E-state index contributed by atoms with van der Waals surface area (Å²) >= 11 is 6.51. The lowest BCUT2D eigenvalue weighted by Crippen LogP contribution is -2.51. The molecule has 5 rings (SSSR count). The van der Waals surface area contributed by atoms with Crippen molar-refractivity contribution in [2.24, 2.45) is 10.2 Å². The zero-order chi connectivity index (χ0) is 19.1. The highest BCUT2D eigenvalue weighted by Crippen LogP contribution is 2.53. The van der Waals surface area contributed by atoms with E-state index in [1.807, 2.05) is 72.8 Å². The van der Waals surface area contributed by atoms with Crippen molar-refractivity contribution in [1.29, 1.82) is 0 Å². The smallest absolute Gasteiger partial charge is 0.200 e. The van der Waals surface area contributed by atoms with Gasteiger partial charge >= 0.3 is 0 Å². The maximum atomic E-state index is 13.8. The molecule has 0 radical (unpaired) electrons. The van der Waals surface area contributed by atoms with Crippen LogP contribution in [0.4, 0.5) is 0 Å². The number of hydrogen-bond acceptors (Lipinski definition) is 4. The Labute approximate surface area is 167 Å². The Balaban J connectivity index is 1.75. The standard InChI is InChI=1S/C23H17ClN2O2/c24-19-12-6-4-10-16(19)18-14-25-26-23(18)21(27)17-11-5-7-13-20(17)28-22(23)15-8-2-1-3-9-15/h1-13,18,22H,14H2. The summed E-state index contributed by atoms with van der Waals surface area (Å²) in [6, 6.07) is 24.7. The highest BCUT2D eigenvalue weighted by molar-refractivity contribution is 6.31. The zero-order valence-corrected chi connectivity index (χ0v) is 15.7. The number of ketones is 1. The van der Waals surface area contributed by atoms with Gasteiger partial charge in [-0.25, -0.2) is 0 Å². The molecule has 138 valence electrons. The summed E-state index contributed by atoms with van der Waals surface area (Å²) in [7, 11) is 0. The largest absolute Gasteiger partial charge is 0.482 e. The molecule has 5 heteroatoms. The highest BCUT2D eigenvalue weighted by atomic mass is 35.5. The van der Waals surface area contributed by atoms with Crippen molar-refractivity contribution < 1.29 is 9.53 Å². The molecule has 0 aromatic heterocycles. The predicted octanol–water partition coefficient (Wildman–Crippen LogP) is 5.64. The lowest BCUT2D eigenvalue weighted by atomic mass is 9.69. The van der Waals surface area contributed by atoms with Crippen LogP contribution in [0.5, 0.6) is 5.75 Å². The molecule has 0 N–H and O–H groups in total. The molecule has 0 bridgehead atoms. The summed E-state index contributed by atoms with van der Waals surface area (Å²) in [4.78, 5) is 13.8. The molecule has 1 spiro atoms. The lowest BCUT2D eigenvalue weighted by molar-refractivity contribution is 0.0522. The van der Waals surface area contributed by atoms with E-state index in [1.54, 1.807) is 6.07 Å². The third-order valence-electron chi connectivity index (χ3n) is 5.55. The van der Waals surface area contributed by atoms with Gasteiger partial charge in [0.2, 0.25) is 5.78 Å². The summed E-state index contributed by atoms with van der Waals surface area (Å²) in [6.45, 7) is 0.393. The van der Waals surface area contributed by atoms with E-state index in [-0.39, 0.29) is 11.7 Å². The Hall–Kier alpha value is -2.98. The summed E-state index contributed by atoms with van der Waals surface area (Å²) in [5.74, 6) is 0.202. The number of azo groups is 1. The fourth-order valence-corrected chi connectivity index (χ4v) is 4.51. The minimum Gasteiger partial charge on any atom is -0.482 e. The van der Waals surface area contributed by atoms with Gasteiger partial charge in [-0.05, 0) is 29.3 Å². The van der Waals surface area contributed by atoms with E-state index >= 15 is 0 Å². The van der Waals surface area contributed by atoms with Crippen LogP contribution in [-0.4, -0.2) is 17.9 Å². The average molecular weight is 389 g/mol. The summed E-state index contributed by atoms with van der Waals surface area (Å²) < 4.78 is 6.40. The first-order valence-corrected chi connectivity index (χ1v) is 9.58. The Kier molecular flexibility index (Phi) is 4.02. The van der Waals surface area contributed by atoms with Crippen LogP contribution in [0, 0.1) is 0 Å². The molecule has 3 unspecified atom stereocenters. The van der Waals surface area contributed by atoms with Crippen molar-refractivity contribution in [2.45, 2.75) is 17.6 Å². The van der Waals surface area contributed by atoms with Gasteiger partial charge in [0.1, 0.15) is 5.75 Å². The number of hydrogen-bond donors (Lipinski definition) is 0. The van der Waals surface area contributed by atoms with E-state index in [0.717, 1.165) is 11.1 Å². The minimum atomic E-state index is -1.18. The van der Waals surface area contributed by atoms with Gasteiger partial charge in [-0.15, -0.1) is 0 Å². The number of para-hydroxylation sites is 1. The number of nitrogens with zero attached hydrogens (tertiary/aromatic N) is 2. The average Bonchev–Trinajstić information content (AvgIpc) is 3.17. The van der Waals surface area contributed by atoms with Crippen molar-refractivity contribution in [3.05, 3.63) is 101 Å². The second-order valence-electron chi connectivity index (χ2n) is 7.06. The monoisotopic (exact) mass is 388 g/mol.